The van der Waals surface area contributed by atoms with Gasteiger partial charge in [0.1, 0.15) is 0 Å². The summed E-state index contributed by atoms with van der Waals surface area (Å²) >= 11 is 0. The molecule has 0 aliphatic carbocycles. The van der Waals surface area contributed by atoms with Crippen LogP contribution >= 0.6 is 0 Å². The fourth-order valence-corrected chi connectivity index (χ4v) is 3.73. The number of carbonyl (C=O) groups is 1. The number of fused-ring (bicyclic) bond motifs is 1. The summed E-state index contributed by atoms with van der Waals surface area (Å²) in [4.78, 5) is 30.4. The van der Waals surface area contributed by atoms with E-state index in [2.05, 4.69) is 10.3 Å². The van der Waals surface area contributed by atoms with Crippen molar-refractivity contribution in [3.63, 3.8) is 0 Å². The fraction of sp³-hybridized carbons (Fsp3) is 0.333. The van der Waals surface area contributed by atoms with Crippen LogP contribution in [0.5, 0.6) is 0 Å². The molecule has 7 heteroatoms. The van der Waals surface area contributed by atoms with Gasteiger partial charge in [-0.3, -0.25) is 4.79 Å². The van der Waals surface area contributed by atoms with Crippen LogP contribution in [0.4, 0.5) is 10.5 Å². The van der Waals surface area contributed by atoms with Crippen LogP contribution in [0.15, 0.2) is 53.3 Å². The third kappa shape index (κ3) is 5.31. The zero-order chi connectivity index (χ0) is 21.8. The number of aromatic amines is 1. The zero-order valence-corrected chi connectivity index (χ0v) is 17.8. The summed E-state index contributed by atoms with van der Waals surface area (Å²) in [7, 11) is 0. The second-order valence-corrected chi connectivity index (χ2v) is 7.96. The minimum Gasteiger partial charge on any atom is -0.376 e. The molecule has 2 amide bonds. The number of nitrogens with one attached hydrogen (secondary N) is 2. The molecule has 0 spiro atoms. The maximum Gasteiger partial charge on any atom is 0.322 e. The number of H-pyrrole nitrogens is 1. The Morgan fingerprint density at radius 3 is 2.74 bits per heavy atom. The minimum absolute atomic E-state index is 0.163. The van der Waals surface area contributed by atoms with Gasteiger partial charge in [-0.25, -0.2) is 4.79 Å². The molecule has 1 saturated heterocycles. The Labute approximate surface area is 181 Å². The van der Waals surface area contributed by atoms with Crippen molar-refractivity contribution in [2.45, 2.75) is 26.5 Å². The van der Waals surface area contributed by atoms with Crippen molar-refractivity contribution in [3.8, 4) is 0 Å². The first-order chi connectivity index (χ1) is 15.0. The minimum atomic E-state index is -0.288. The second-order valence-electron chi connectivity index (χ2n) is 7.96. The molecule has 2 heterocycles. The zero-order valence-electron chi connectivity index (χ0n) is 17.8. The van der Waals surface area contributed by atoms with Gasteiger partial charge in [-0.15, -0.1) is 0 Å². The van der Waals surface area contributed by atoms with Crippen molar-refractivity contribution in [2.24, 2.45) is 0 Å². The van der Waals surface area contributed by atoms with E-state index < -0.39 is 0 Å². The summed E-state index contributed by atoms with van der Waals surface area (Å²) in [5.74, 6) is 0. The third-order valence-electron chi connectivity index (χ3n) is 5.30. The molecule has 1 aliphatic heterocycles. The van der Waals surface area contributed by atoms with Crippen molar-refractivity contribution in [1.29, 1.82) is 0 Å². The van der Waals surface area contributed by atoms with Crippen LogP contribution in [0.25, 0.3) is 10.9 Å². The first kappa shape index (κ1) is 21.1. The first-order valence-corrected chi connectivity index (χ1v) is 10.4. The number of benzene rings is 2. The molecule has 1 aromatic heterocycles. The number of carbonyl (C=O) groups excluding carboxylic acids is 1. The van der Waals surface area contributed by atoms with E-state index in [-0.39, 0.29) is 24.2 Å². The molecular weight excluding hydrogens is 394 g/mol. The summed E-state index contributed by atoms with van der Waals surface area (Å²) in [6, 6.07) is 15.0. The van der Waals surface area contributed by atoms with Gasteiger partial charge in [-0.2, -0.15) is 0 Å². The van der Waals surface area contributed by atoms with E-state index in [0.717, 1.165) is 22.0 Å². The van der Waals surface area contributed by atoms with Gasteiger partial charge < -0.3 is 24.7 Å². The summed E-state index contributed by atoms with van der Waals surface area (Å²) in [6.07, 6.45) is -0.237. The van der Waals surface area contributed by atoms with Crippen molar-refractivity contribution >= 4 is 22.6 Å². The third-order valence-corrected chi connectivity index (χ3v) is 5.30. The fourth-order valence-electron chi connectivity index (χ4n) is 3.73. The van der Waals surface area contributed by atoms with Crippen LogP contribution in [0, 0.1) is 13.8 Å². The quantitative estimate of drug-likeness (QED) is 0.659. The van der Waals surface area contributed by atoms with Crippen molar-refractivity contribution in [2.75, 3.05) is 31.7 Å². The lowest BCUT2D eigenvalue weighted by molar-refractivity contribution is -0.0943. The van der Waals surface area contributed by atoms with E-state index in [0.29, 0.717) is 37.6 Å². The van der Waals surface area contributed by atoms with Gasteiger partial charge >= 0.3 is 6.03 Å². The van der Waals surface area contributed by atoms with Crippen LogP contribution in [0.3, 0.4) is 0 Å². The molecule has 0 bridgehead atoms. The number of aromatic nitrogens is 1. The van der Waals surface area contributed by atoms with E-state index in [1.54, 1.807) is 4.90 Å². The topological polar surface area (TPSA) is 83.7 Å². The van der Waals surface area contributed by atoms with Gasteiger partial charge in [0.2, 0.25) is 0 Å². The molecule has 2 aromatic carbocycles. The lowest BCUT2D eigenvalue weighted by atomic mass is 10.1. The lowest BCUT2D eigenvalue weighted by Crippen LogP contribution is -2.44. The SMILES string of the molecule is Cc1cccc(NC(=O)N(Cc2cc3cc(C)ccc3[nH]c2=O)C[C@@H]2COCCO2)c1. The van der Waals surface area contributed by atoms with Crippen LogP contribution in [0.2, 0.25) is 0 Å². The van der Waals surface area contributed by atoms with E-state index in [1.165, 1.54) is 0 Å². The van der Waals surface area contributed by atoms with Gasteiger partial charge in [-0.05, 0) is 55.1 Å². The van der Waals surface area contributed by atoms with Gasteiger partial charge in [0.15, 0.2) is 0 Å². The molecule has 7 nitrogen and oxygen atoms in total. The number of urea groups is 1. The van der Waals surface area contributed by atoms with Gasteiger partial charge in [0.05, 0.1) is 39.0 Å². The summed E-state index contributed by atoms with van der Waals surface area (Å²) in [5, 5.41) is 3.87. The van der Waals surface area contributed by atoms with Gasteiger partial charge in [0.25, 0.3) is 5.56 Å². The Bertz CT molecular complexity index is 1140. The van der Waals surface area contributed by atoms with Crippen LogP contribution < -0.4 is 10.9 Å². The Morgan fingerprint density at radius 2 is 1.97 bits per heavy atom. The molecule has 0 saturated carbocycles. The van der Waals surface area contributed by atoms with E-state index in [1.807, 2.05) is 62.4 Å². The maximum atomic E-state index is 13.1. The number of nitrogens with zero attached hydrogens (tertiary/aromatic N) is 1. The average molecular weight is 421 g/mol. The van der Waals surface area contributed by atoms with Crippen molar-refractivity contribution in [1.82, 2.24) is 9.88 Å². The smallest absolute Gasteiger partial charge is 0.322 e. The molecule has 1 aliphatic rings. The summed E-state index contributed by atoms with van der Waals surface area (Å²) < 4.78 is 11.2. The first-order valence-electron chi connectivity index (χ1n) is 10.4. The number of aryl methyl sites for hydroxylation is 2. The van der Waals surface area contributed by atoms with Gasteiger partial charge in [-0.1, -0.05) is 23.8 Å². The van der Waals surface area contributed by atoms with Gasteiger partial charge in [0, 0.05) is 16.8 Å². The highest BCUT2D eigenvalue weighted by molar-refractivity contribution is 5.89. The molecule has 0 radical (unpaired) electrons. The number of hydrogen-bond donors (Lipinski definition) is 2. The number of amides is 2. The highest BCUT2D eigenvalue weighted by Crippen LogP contribution is 2.16. The predicted octanol–water partition coefficient (Wildman–Crippen LogP) is 3.59. The second kappa shape index (κ2) is 9.32. The largest absolute Gasteiger partial charge is 0.376 e. The number of hydrogen-bond acceptors (Lipinski definition) is 4. The number of rotatable bonds is 5. The Hall–Kier alpha value is -3.16. The number of ether oxygens (including phenoxy) is 2. The molecule has 1 fully saturated rings. The van der Waals surface area contributed by atoms with E-state index >= 15 is 0 Å². The lowest BCUT2D eigenvalue weighted by Gasteiger charge is -2.30. The molecular formula is C24H27N3O4. The summed E-state index contributed by atoms with van der Waals surface area (Å²) in [5.41, 5.74) is 3.96. The monoisotopic (exact) mass is 421 g/mol. The molecule has 4 rings (SSSR count). The Kier molecular flexibility index (Phi) is 6.34. The van der Waals surface area contributed by atoms with Crippen LogP contribution in [-0.4, -0.2) is 48.4 Å². The molecule has 0 unspecified atom stereocenters. The number of anilines is 1. The molecule has 1 atom stereocenters. The van der Waals surface area contributed by atoms with Crippen molar-refractivity contribution < 1.29 is 14.3 Å². The number of pyridine rings is 1. The normalized spacial score (nSPS) is 16.3. The van der Waals surface area contributed by atoms with Crippen molar-refractivity contribution in [3.05, 3.63) is 75.6 Å². The Morgan fingerprint density at radius 1 is 1.13 bits per heavy atom. The molecule has 3 aromatic rings. The van der Waals surface area contributed by atoms with Crippen LogP contribution in [-0.2, 0) is 16.0 Å². The Balaban J connectivity index is 1.60. The highest BCUT2D eigenvalue weighted by Gasteiger charge is 2.23. The average Bonchev–Trinajstić information content (AvgIpc) is 2.75. The summed E-state index contributed by atoms with van der Waals surface area (Å²) in [6.45, 7) is 5.92. The van der Waals surface area contributed by atoms with E-state index in [4.69, 9.17) is 9.47 Å². The highest BCUT2D eigenvalue weighted by atomic mass is 16.6. The predicted molar refractivity (Wildman–Crippen MR) is 120 cm³/mol. The molecule has 31 heavy (non-hydrogen) atoms. The molecule has 2 N–H and O–H groups in total. The standard InChI is InChI=1S/C24H27N3O4/c1-16-4-3-5-20(11-16)25-24(29)27(14-21-15-30-8-9-31-21)13-19-12-18-10-17(2)6-7-22(18)26-23(19)28/h3-7,10-12,21H,8-9,13-15H2,1-2H3,(H,25,29)(H,26,28)/t21-/m1/s1. The van der Waals surface area contributed by atoms with E-state index in [9.17, 15) is 9.59 Å². The maximum absolute atomic E-state index is 13.1. The molecule has 162 valence electrons. The van der Waals surface area contributed by atoms with Crippen LogP contribution in [0.1, 0.15) is 16.7 Å².